The number of carbonyl (C=O) groups excluding carboxylic acids is 3. The number of anilines is 1. The van der Waals surface area contributed by atoms with E-state index in [2.05, 4.69) is 39.7 Å². The van der Waals surface area contributed by atoms with Gasteiger partial charge in [0.25, 0.3) is 6.10 Å². The fourth-order valence-corrected chi connectivity index (χ4v) is 5.85. The minimum Gasteiger partial charge on any atom is -0.426 e. The van der Waals surface area contributed by atoms with Gasteiger partial charge in [0.15, 0.2) is 0 Å². The van der Waals surface area contributed by atoms with E-state index in [0.717, 1.165) is 56.8 Å². The Morgan fingerprint density at radius 3 is 2.08 bits per heavy atom. The van der Waals surface area contributed by atoms with Crippen molar-refractivity contribution in [2.24, 2.45) is 0 Å². The summed E-state index contributed by atoms with van der Waals surface area (Å²) in [6.45, 7) is 5.83. The molecule has 0 bridgehead atoms. The number of benzene rings is 1. The number of nitrogens with zero attached hydrogens (tertiary/aromatic N) is 3. The van der Waals surface area contributed by atoms with E-state index >= 15 is 0 Å². The predicted octanol–water partition coefficient (Wildman–Crippen LogP) is 5.46. The number of piperidine rings is 2. The van der Waals surface area contributed by atoms with Crippen LogP contribution in [0.5, 0.6) is 0 Å². The Hall–Kier alpha value is -2.79. The number of amides is 1. The van der Waals surface area contributed by atoms with Crippen molar-refractivity contribution in [1.82, 2.24) is 9.80 Å². The molecule has 0 atom stereocenters. The van der Waals surface area contributed by atoms with Crippen molar-refractivity contribution in [2.75, 3.05) is 37.6 Å². The summed E-state index contributed by atoms with van der Waals surface area (Å²) in [4.78, 5) is 34.3. The first-order valence-electron chi connectivity index (χ1n) is 13.0. The zero-order valence-electron chi connectivity index (χ0n) is 21.7. The first-order valence-corrected chi connectivity index (χ1v) is 13.0. The van der Waals surface area contributed by atoms with E-state index < -0.39 is 24.5 Å². The molecule has 1 aromatic carbocycles. The van der Waals surface area contributed by atoms with Gasteiger partial charge >= 0.3 is 24.6 Å². The number of hydrogen-bond acceptors (Lipinski definition) is 6. The molecule has 0 saturated carbocycles. The molecule has 0 N–H and O–H groups in total. The van der Waals surface area contributed by atoms with Gasteiger partial charge in [-0.3, -0.25) is 4.90 Å². The number of hydrogen-bond donors (Lipinski definition) is 0. The van der Waals surface area contributed by atoms with E-state index in [0.29, 0.717) is 12.8 Å². The van der Waals surface area contributed by atoms with Crippen LogP contribution in [0.1, 0.15) is 56.1 Å². The van der Waals surface area contributed by atoms with Crippen LogP contribution in [0.4, 0.5) is 36.8 Å². The molecule has 1 amide bonds. The van der Waals surface area contributed by atoms with Gasteiger partial charge in [-0.1, -0.05) is 12.1 Å². The van der Waals surface area contributed by atoms with Crippen LogP contribution in [0.3, 0.4) is 0 Å². The number of likely N-dealkylation sites (tertiary alicyclic amines) is 2. The second-order valence-corrected chi connectivity index (χ2v) is 10.3. The van der Waals surface area contributed by atoms with Crippen LogP contribution < -0.4 is 4.90 Å². The summed E-state index contributed by atoms with van der Waals surface area (Å²) in [7, 11) is 0. The molecule has 3 aliphatic rings. The number of alkyl halides is 6. The molecule has 13 heteroatoms. The van der Waals surface area contributed by atoms with Crippen molar-refractivity contribution >= 4 is 17.9 Å². The number of ether oxygens (including phenoxy) is 1. The van der Waals surface area contributed by atoms with Gasteiger partial charge in [0, 0.05) is 44.0 Å². The Balaban J connectivity index is 0.00000134. The standard InChI is InChI=1S/C25H33F6N3O2.CO2/c1-18-6-7-19(20(16-18)32-11-3-2-4-12-32)17-34-13-5-8-23(34)9-14-33(15-10-23)22(35)36-21(24(26,27)28)25(29,30)31;2-1-3/h6-7,16,21H,2-5,8-15,17H2,1H3;. The number of aryl methyl sites for hydroxylation is 1. The zero-order valence-corrected chi connectivity index (χ0v) is 21.7. The maximum atomic E-state index is 12.8. The van der Waals surface area contributed by atoms with E-state index in [1.54, 1.807) is 0 Å². The van der Waals surface area contributed by atoms with Crippen molar-refractivity contribution in [3.05, 3.63) is 29.3 Å². The molecule has 3 aliphatic heterocycles. The lowest BCUT2D eigenvalue weighted by molar-refractivity contribution is -0.308. The topological polar surface area (TPSA) is 70.2 Å². The molecule has 7 nitrogen and oxygen atoms in total. The summed E-state index contributed by atoms with van der Waals surface area (Å²) in [5.41, 5.74) is 3.43. The molecular formula is C26H33F6N3O4. The molecule has 0 aliphatic carbocycles. The first-order chi connectivity index (χ1) is 18.3. The molecular weight excluding hydrogens is 532 g/mol. The Kier molecular flexibility index (Phi) is 9.93. The Morgan fingerprint density at radius 2 is 1.51 bits per heavy atom. The lowest BCUT2D eigenvalue weighted by atomic mass is 9.84. The van der Waals surface area contributed by atoms with E-state index in [-0.39, 0.29) is 24.8 Å². The van der Waals surface area contributed by atoms with E-state index in [4.69, 9.17) is 9.59 Å². The summed E-state index contributed by atoms with van der Waals surface area (Å²) in [6.07, 6.45) is -10.5. The third-order valence-electron chi connectivity index (χ3n) is 7.81. The molecule has 0 radical (unpaired) electrons. The summed E-state index contributed by atoms with van der Waals surface area (Å²) in [6, 6.07) is 6.48. The van der Waals surface area contributed by atoms with E-state index in [1.165, 1.54) is 23.2 Å². The highest BCUT2D eigenvalue weighted by Crippen LogP contribution is 2.41. The van der Waals surface area contributed by atoms with Crippen molar-refractivity contribution < 1.29 is 45.5 Å². The number of carbonyl (C=O) groups is 1. The fraction of sp³-hybridized carbons (Fsp3) is 0.692. The second-order valence-electron chi connectivity index (χ2n) is 10.3. The highest BCUT2D eigenvalue weighted by Gasteiger charge is 2.60. The summed E-state index contributed by atoms with van der Waals surface area (Å²) in [5.74, 6) is 0. The largest absolute Gasteiger partial charge is 0.434 e. The lowest BCUT2D eigenvalue weighted by Crippen LogP contribution is -2.54. The molecule has 3 heterocycles. The average Bonchev–Trinajstić information content (AvgIpc) is 3.24. The van der Waals surface area contributed by atoms with Crippen LogP contribution in [0.15, 0.2) is 18.2 Å². The average molecular weight is 566 g/mol. The van der Waals surface area contributed by atoms with Crippen LogP contribution in [0, 0.1) is 6.92 Å². The quantitative estimate of drug-likeness (QED) is 0.452. The molecule has 1 spiro atoms. The molecule has 0 unspecified atom stereocenters. The van der Waals surface area contributed by atoms with Gasteiger partial charge in [0.2, 0.25) is 0 Å². The van der Waals surface area contributed by atoms with Crippen LogP contribution in [0.2, 0.25) is 0 Å². The molecule has 218 valence electrons. The second kappa shape index (κ2) is 12.6. The van der Waals surface area contributed by atoms with E-state index in [1.807, 2.05) is 0 Å². The summed E-state index contributed by atoms with van der Waals surface area (Å²) < 4.78 is 80.8. The molecule has 3 saturated heterocycles. The minimum absolute atomic E-state index is 0.0602. The van der Waals surface area contributed by atoms with Gasteiger partial charge in [0.05, 0.1) is 0 Å². The van der Waals surface area contributed by atoms with Gasteiger partial charge in [-0.2, -0.15) is 35.9 Å². The normalized spacial score (nSPS) is 20.0. The monoisotopic (exact) mass is 565 g/mol. The maximum absolute atomic E-state index is 12.8. The van der Waals surface area contributed by atoms with Crippen LogP contribution in [-0.2, 0) is 20.9 Å². The van der Waals surface area contributed by atoms with Gasteiger partial charge in [-0.05, 0) is 75.6 Å². The van der Waals surface area contributed by atoms with Crippen molar-refractivity contribution in [3.63, 3.8) is 0 Å². The first kappa shape index (κ1) is 30.7. The van der Waals surface area contributed by atoms with E-state index in [9.17, 15) is 31.1 Å². The van der Waals surface area contributed by atoms with Gasteiger partial charge in [0.1, 0.15) is 0 Å². The maximum Gasteiger partial charge on any atom is 0.434 e. The van der Waals surface area contributed by atoms with Crippen LogP contribution in [0.25, 0.3) is 0 Å². The third-order valence-corrected chi connectivity index (χ3v) is 7.81. The Bertz CT molecular complexity index is 998. The Labute approximate surface area is 223 Å². The number of rotatable bonds is 4. The van der Waals surface area contributed by atoms with Crippen LogP contribution >= 0.6 is 0 Å². The SMILES string of the molecule is Cc1ccc(CN2CCCC23CCN(C(=O)OC(C(F)(F)F)C(F)(F)F)CC3)c(N2CCCCC2)c1.O=C=O. The summed E-state index contributed by atoms with van der Waals surface area (Å²) >= 11 is 0. The molecule has 39 heavy (non-hydrogen) atoms. The molecule has 3 fully saturated rings. The fourth-order valence-electron chi connectivity index (χ4n) is 5.85. The molecule has 4 rings (SSSR count). The van der Waals surface area contributed by atoms with Gasteiger partial charge in [-0.15, -0.1) is 0 Å². The van der Waals surface area contributed by atoms with Crippen molar-refractivity contribution in [3.8, 4) is 0 Å². The molecule has 0 aromatic heterocycles. The molecule has 1 aromatic rings. The Morgan fingerprint density at radius 1 is 0.923 bits per heavy atom. The minimum atomic E-state index is -5.72. The van der Waals surface area contributed by atoms with Crippen molar-refractivity contribution in [2.45, 2.75) is 82.4 Å². The number of halogens is 6. The van der Waals surface area contributed by atoms with Crippen molar-refractivity contribution in [1.29, 1.82) is 0 Å². The summed E-state index contributed by atoms with van der Waals surface area (Å²) in [5, 5.41) is 0. The zero-order chi connectivity index (χ0) is 28.8. The highest BCUT2D eigenvalue weighted by atomic mass is 19.4. The highest BCUT2D eigenvalue weighted by molar-refractivity contribution is 5.68. The smallest absolute Gasteiger partial charge is 0.426 e. The van der Waals surface area contributed by atoms with Gasteiger partial charge in [-0.25, -0.2) is 4.79 Å². The lowest BCUT2D eigenvalue weighted by Gasteiger charge is -2.45. The van der Waals surface area contributed by atoms with Crippen LogP contribution in [-0.4, -0.2) is 78.8 Å². The third kappa shape index (κ3) is 7.66. The van der Waals surface area contributed by atoms with Gasteiger partial charge < -0.3 is 14.5 Å². The predicted molar refractivity (Wildman–Crippen MR) is 128 cm³/mol.